The summed E-state index contributed by atoms with van der Waals surface area (Å²) in [5, 5.41) is 1.49. The minimum absolute atomic E-state index is 0.340. The minimum atomic E-state index is 0.340. The maximum absolute atomic E-state index is 3.70. The number of halogens is 1. The van der Waals surface area contributed by atoms with Crippen molar-refractivity contribution in [1.82, 2.24) is 0 Å². The van der Waals surface area contributed by atoms with Crippen LogP contribution < -0.4 is 0 Å². The van der Waals surface area contributed by atoms with Crippen molar-refractivity contribution in [3.63, 3.8) is 0 Å². The molecule has 0 fully saturated rings. The van der Waals surface area contributed by atoms with Gasteiger partial charge in [0.15, 0.2) is 0 Å². The van der Waals surface area contributed by atoms with Gasteiger partial charge in [-0.1, -0.05) is 13.8 Å². The number of hydrogen-bond donors (Lipinski definition) is 0. The van der Waals surface area contributed by atoms with Gasteiger partial charge in [0.1, 0.15) is 0 Å². The maximum Gasteiger partial charge on any atom is 0.0740 e. The van der Waals surface area contributed by atoms with Crippen molar-refractivity contribution >= 4 is 37.4 Å². The van der Waals surface area contributed by atoms with Crippen LogP contribution >= 0.6 is 27.3 Å². The van der Waals surface area contributed by atoms with Crippen molar-refractivity contribution in [2.45, 2.75) is 52.4 Å². The maximum atomic E-state index is 3.70. The topological polar surface area (TPSA) is 0 Å². The van der Waals surface area contributed by atoms with Gasteiger partial charge in [-0.25, -0.2) is 0 Å². The highest BCUT2D eigenvalue weighted by Crippen LogP contribution is 2.45. The molecule has 3 rings (SSSR count). The fraction of sp³-hybridized carbons (Fsp3) is 0.500. The Morgan fingerprint density at radius 1 is 1.22 bits per heavy atom. The number of thiophene rings is 1. The first kappa shape index (κ1) is 12.7. The highest BCUT2D eigenvalue weighted by Gasteiger charge is 2.30. The van der Waals surface area contributed by atoms with Crippen LogP contribution in [-0.2, 0) is 11.8 Å². The summed E-state index contributed by atoms with van der Waals surface area (Å²) in [5.41, 5.74) is 6.48. The van der Waals surface area contributed by atoms with Gasteiger partial charge in [0.2, 0.25) is 0 Å². The average Bonchev–Trinajstić information content (AvgIpc) is 2.53. The van der Waals surface area contributed by atoms with E-state index in [-0.39, 0.29) is 0 Å². The Morgan fingerprint density at radius 3 is 2.67 bits per heavy atom. The lowest BCUT2D eigenvalue weighted by Crippen LogP contribution is -2.25. The monoisotopic (exact) mass is 322 g/mol. The molecule has 0 bridgehead atoms. The molecular weight excluding hydrogens is 304 g/mol. The number of fused-ring (bicyclic) bond motifs is 2. The van der Waals surface area contributed by atoms with Crippen LogP contribution in [-0.4, -0.2) is 0 Å². The first-order chi connectivity index (χ1) is 8.42. The number of benzene rings is 1. The second-order valence-electron chi connectivity index (χ2n) is 6.15. The van der Waals surface area contributed by atoms with Crippen molar-refractivity contribution in [3.8, 4) is 0 Å². The Balaban J connectivity index is 2.43. The molecule has 0 N–H and O–H groups in total. The van der Waals surface area contributed by atoms with E-state index in [1.165, 1.54) is 44.3 Å². The number of aryl methyl sites for hydroxylation is 3. The van der Waals surface area contributed by atoms with E-state index < -0.39 is 0 Å². The summed E-state index contributed by atoms with van der Waals surface area (Å²) in [6.45, 7) is 9.36. The van der Waals surface area contributed by atoms with Crippen molar-refractivity contribution in [2.75, 3.05) is 0 Å². The molecule has 96 valence electrons. The minimum Gasteiger partial charge on any atom is -0.128 e. The Kier molecular flexibility index (Phi) is 2.87. The lowest BCUT2D eigenvalue weighted by Gasteiger charge is -2.34. The molecule has 0 aliphatic heterocycles. The normalized spacial score (nSPS) is 18.1. The molecule has 2 aromatic rings. The van der Waals surface area contributed by atoms with Crippen molar-refractivity contribution in [3.05, 3.63) is 32.1 Å². The zero-order valence-electron chi connectivity index (χ0n) is 11.5. The fourth-order valence-corrected chi connectivity index (χ4v) is 5.44. The van der Waals surface area contributed by atoms with Gasteiger partial charge in [-0.05, 0) is 88.2 Å². The Bertz CT molecular complexity index is 634. The number of rotatable bonds is 0. The molecule has 0 unspecified atom stereocenters. The Morgan fingerprint density at radius 2 is 1.94 bits per heavy atom. The van der Waals surface area contributed by atoms with E-state index >= 15 is 0 Å². The van der Waals surface area contributed by atoms with E-state index in [4.69, 9.17) is 0 Å². The highest BCUT2D eigenvalue weighted by atomic mass is 79.9. The molecule has 0 nitrogen and oxygen atoms in total. The van der Waals surface area contributed by atoms with E-state index in [1.807, 2.05) is 11.3 Å². The van der Waals surface area contributed by atoms with Crippen molar-refractivity contribution < 1.29 is 0 Å². The van der Waals surface area contributed by atoms with Gasteiger partial charge < -0.3 is 0 Å². The summed E-state index contributed by atoms with van der Waals surface area (Å²) in [5.74, 6) is 0. The molecule has 0 saturated carbocycles. The largest absolute Gasteiger partial charge is 0.128 e. The molecule has 1 aliphatic rings. The standard InChI is InChI=1S/C16H19BrS/c1-9-13-10(2)15(17)18-12(13)8-11-6-5-7-16(3,4)14(9)11/h8H,5-7H2,1-4H3. The summed E-state index contributed by atoms with van der Waals surface area (Å²) in [6.07, 6.45) is 3.90. The molecule has 1 aromatic heterocycles. The molecule has 1 aromatic carbocycles. The predicted molar refractivity (Wildman–Crippen MR) is 85.0 cm³/mol. The first-order valence-corrected chi connectivity index (χ1v) is 8.24. The van der Waals surface area contributed by atoms with Gasteiger partial charge in [-0.2, -0.15) is 0 Å². The van der Waals surface area contributed by atoms with Gasteiger partial charge in [0, 0.05) is 4.70 Å². The third kappa shape index (κ3) is 1.69. The van der Waals surface area contributed by atoms with Crippen LogP contribution in [0.3, 0.4) is 0 Å². The Hall–Kier alpha value is -0.340. The van der Waals surface area contributed by atoms with E-state index in [2.05, 4.69) is 49.7 Å². The summed E-state index contributed by atoms with van der Waals surface area (Å²) in [7, 11) is 0. The molecular formula is C16H19BrS. The van der Waals surface area contributed by atoms with Gasteiger partial charge in [0.25, 0.3) is 0 Å². The lowest BCUT2D eigenvalue weighted by molar-refractivity contribution is 0.430. The summed E-state index contributed by atoms with van der Waals surface area (Å²) in [4.78, 5) is 0. The Labute approximate surface area is 122 Å². The van der Waals surface area contributed by atoms with Crippen LogP contribution in [0.4, 0.5) is 0 Å². The quantitative estimate of drug-likeness (QED) is 0.567. The molecule has 1 heterocycles. The van der Waals surface area contributed by atoms with Crippen LogP contribution in [0.1, 0.15) is 48.9 Å². The van der Waals surface area contributed by atoms with Crippen LogP contribution in [0.15, 0.2) is 9.85 Å². The van der Waals surface area contributed by atoms with Gasteiger partial charge in [0.05, 0.1) is 3.79 Å². The SMILES string of the molecule is Cc1c(Br)sc2cc3c(c(C)c12)C(C)(C)CCC3. The zero-order valence-corrected chi connectivity index (χ0v) is 13.9. The van der Waals surface area contributed by atoms with Crippen molar-refractivity contribution in [2.24, 2.45) is 0 Å². The molecule has 0 radical (unpaired) electrons. The molecule has 2 heteroatoms. The van der Waals surface area contributed by atoms with Gasteiger partial charge >= 0.3 is 0 Å². The van der Waals surface area contributed by atoms with Crippen LogP contribution in [0.2, 0.25) is 0 Å². The average molecular weight is 323 g/mol. The van der Waals surface area contributed by atoms with E-state index in [9.17, 15) is 0 Å². The third-order valence-electron chi connectivity index (χ3n) is 4.42. The molecule has 18 heavy (non-hydrogen) atoms. The fourth-order valence-electron chi connectivity index (χ4n) is 3.66. The highest BCUT2D eigenvalue weighted by molar-refractivity contribution is 9.11. The van der Waals surface area contributed by atoms with Crippen LogP contribution in [0, 0.1) is 13.8 Å². The smallest absolute Gasteiger partial charge is 0.0740 e. The predicted octanol–water partition coefficient (Wildman–Crippen LogP) is 5.89. The third-order valence-corrected chi connectivity index (χ3v) is 6.52. The second-order valence-corrected chi connectivity index (χ2v) is 8.52. The first-order valence-electron chi connectivity index (χ1n) is 6.63. The number of hydrogen-bond acceptors (Lipinski definition) is 1. The lowest BCUT2D eigenvalue weighted by atomic mass is 9.70. The molecule has 0 spiro atoms. The van der Waals surface area contributed by atoms with E-state index in [0.29, 0.717) is 5.41 Å². The van der Waals surface area contributed by atoms with E-state index in [0.717, 1.165) is 0 Å². The molecule has 0 saturated heterocycles. The molecule has 0 atom stereocenters. The zero-order chi connectivity index (χ0) is 13.1. The van der Waals surface area contributed by atoms with Crippen LogP contribution in [0.5, 0.6) is 0 Å². The van der Waals surface area contributed by atoms with Crippen molar-refractivity contribution in [1.29, 1.82) is 0 Å². The summed E-state index contributed by atoms with van der Waals surface area (Å²) < 4.78 is 2.74. The molecule has 1 aliphatic carbocycles. The van der Waals surface area contributed by atoms with E-state index in [1.54, 1.807) is 11.1 Å². The van der Waals surface area contributed by atoms with Gasteiger partial charge in [-0.3, -0.25) is 0 Å². The summed E-state index contributed by atoms with van der Waals surface area (Å²) in [6, 6.07) is 2.45. The molecule has 0 amide bonds. The van der Waals surface area contributed by atoms with Crippen LogP contribution in [0.25, 0.3) is 10.1 Å². The summed E-state index contributed by atoms with van der Waals surface area (Å²) >= 11 is 5.58. The van der Waals surface area contributed by atoms with Gasteiger partial charge in [-0.15, -0.1) is 11.3 Å². The second kappa shape index (κ2) is 4.08.